The zero-order valence-corrected chi connectivity index (χ0v) is 27.3. The highest BCUT2D eigenvalue weighted by atomic mass is 19.1. The molecular weight excluding hydrogens is 579 g/mol. The molecule has 2 N–H and O–H groups in total. The van der Waals surface area contributed by atoms with Gasteiger partial charge in [0.15, 0.2) is 11.6 Å². The predicted octanol–water partition coefficient (Wildman–Crippen LogP) is 6.03. The average molecular weight is 623 g/mol. The molecule has 5 rings (SSSR count). The standard InChI is InChI=1S/C33H43FN6O5/c1-32(2,3)40(31(42)43)23-12-10-9-11-22(23)36-29-27(34)26-25(28(37-29)20-16-35-38(6)17-20)30(41)39(33(26,4)5)18-19-13-14-21(44-7)15-24(19)45-8/h13-17,22-23H,9-12,18H2,1-8H3,(H,36,37)(H,42,43)/t22-,23+/m1/s1. The minimum Gasteiger partial charge on any atom is -0.497 e. The Labute approximate surface area is 263 Å². The van der Waals surface area contributed by atoms with E-state index >= 15 is 4.39 Å². The number of carbonyl (C=O) groups is 2. The summed E-state index contributed by atoms with van der Waals surface area (Å²) >= 11 is 0. The number of carbonyl (C=O) groups excluding carboxylic acids is 1. The molecule has 45 heavy (non-hydrogen) atoms. The van der Waals surface area contributed by atoms with E-state index < -0.39 is 23.0 Å². The predicted molar refractivity (Wildman–Crippen MR) is 168 cm³/mol. The molecule has 2 aromatic heterocycles. The number of amides is 2. The smallest absolute Gasteiger partial charge is 0.408 e. The molecule has 1 aliphatic heterocycles. The Morgan fingerprint density at radius 2 is 1.91 bits per heavy atom. The number of anilines is 1. The summed E-state index contributed by atoms with van der Waals surface area (Å²) < 4.78 is 29.4. The first-order chi connectivity index (χ1) is 21.2. The summed E-state index contributed by atoms with van der Waals surface area (Å²) in [4.78, 5) is 34.5. The molecule has 1 aliphatic carbocycles. The molecule has 11 nitrogen and oxygen atoms in total. The molecule has 2 aliphatic rings. The Bertz CT molecular complexity index is 1610. The van der Waals surface area contributed by atoms with Gasteiger partial charge in [-0.1, -0.05) is 12.8 Å². The van der Waals surface area contributed by atoms with Crippen LogP contribution >= 0.6 is 0 Å². The molecule has 1 fully saturated rings. The summed E-state index contributed by atoms with van der Waals surface area (Å²) in [5.41, 5.74) is 0.329. The molecule has 0 bridgehead atoms. The fraction of sp³-hybridized carbons (Fsp3) is 0.515. The van der Waals surface area contributed by atoms with Gasteiger partial charge in [-0.25, -0.2) is 14.2 Å². The number of rotatable bonds is 8. The number of nitrogens with one attached hydrogen (secondary N) is 1. The number of pyridine rings is 1. The Hall–Kier alpha value is -4.35. The van der Waals surface area contributed by atoms with Crippen LogP contribution in [-0.2, 0) is 19.1 Å². The van der Waals surface area contributed by atoms with Gasteiger partial charge in [0.1, 0.15) is 11.5 Å². The number of hydrogen-bond acceptors (Lipinski definition) is 7. The van der Waals surface area contributed by atoms with Gasteiger partial charge in [0.05, 0.1) is 49.8 Å². The third-order valence-electron chi connectivity index (χ3n) is 9.00. The van der Waals surface area contributed by atoms with Crippen LogP contribution in [0.3, 0.4) is 0 Å². The molecule has 1 saturated carbocycles. The van der Waals surface area contributed by atoms with Crippen LogP contribution in [0.5, 0.6) is 11.5 Å². The van der Waals surface area contributed by atoms with Crippen molar-refractivity contribution < 1.29 is 28.6 Å². The van der Waals surface area contributed by atoms with Crippen LogP contribution in [0.25, 0.3) is 11.3 Å². The Kier molecular flexibility index (Phi) is 8.45. The highest BCUT2D eigenvalue weighted by molar-refractivity contribution is 6.05. The third kappa shape index (κ3) is 5.78. The minimum absolute atomic E-state index is 0.00601. The summed E-state index contributed by atoms with van der Waals surface area (Å²) in [7, 11) is 4.88. The number of hydrogen-bond donors (Lipinski definition) is 2. The van der Waals surface area contributed by atoms with Gasteiger partial charge >= 0.3 is 6.09 Å². The van der Waals surface area contributed by atoms with E-state index in [0.717, 1.165) is 18.4 Å². The normalized spacial score (nSPS) is 19.3. The monoisotopic (exact) mass is 622 g/mol. The SMILES string of the molecule is COc1ccc(CN2C(=O)c3c(-c4cnn(C)c4)nc(N[C@@H]4CCCC[C@@H]4N(C(=O)O)C(C)(C)C)c(F)c3C2(C)C)c(OC)c1. The summed E-state index contributed by atoms with van der Waals surface area (Å²) in [6, 6.07) is 4.61. The van der Waals surface area contributed by atoms with E-state index in [-0.39, 0.29) is 41.5 Å². The van der Waals surface area contributed by atoms with Gasteiger partial charge in [0.25, 0.3) is 5.91 Å². The Balaban J connectivity index is 1.62. The maximum absolute atomic E-state index is 16.9. The quantitative estimate of drug-likeness (QED) is 0.312. The lowest BCUT2D eigenvalue weighted by Crippen LogP contribution is -2.58. The second-order valence-electron chi connectivity index (χ2n) is 13.3. The number of carboxylic acid groups (broad SMARTS) is 1. The number of benzene rings is 1. The molecule has 2 atom stereocenters. The molecule has 0 unspecified atom stereocenters. The molecule has 242 valence electrons. The average Bonchev–Trinajstić information content (AvgIpc) is 3.49. The van der Waals surface area contributed by atoms with Crippen LogP contribution in [0.4, 0.5) is 15.0 Å². The van der Waals surface area contributed by atoms with Crippen molar-refractivity contribution >= 4 is 17.8 Å². The fourth-order valence-corrected chi connectivity index (χ4v) is 6.83. The lowest BCUT2D eigenvalue weighted by Gasteiger charge is -2.45. The molecule has 0 spiro atoms. The van der Waals surface area contributed by atoms with Gasteiger partial charge in [0, 0.05) is 47.6 Å². The number of methoxy groups -OCH3 is 2. The van der Waals surface area contributed by atoms with Crippen molar-refractivity contribution in [1.82, 2.24) is 24.6 Å². The Morgan fingerprint density at radius 1 is 1.20 bits per heavy atom. The van der Waals surface area contributed by atoms with Crippen LogP contribution in [0.2, 0.25) is 0 Å². The molecule has 3 heterocycles. The van der Waals surface area contributed by atoms with Crippen molar-refractivity contribution in [1.29, 1.82) is 0 Å². The zero-order chi connectivity index (χ0) is 32.8. The lowest BCUT2D eigenvalue weighted by atomic mass is 9.86. The van der Waals surface area contributed by atoms with Gasteiger partial charge in [-0.05, 0) is 59.6 Å². The van der Waals surface area contributed by atoms with Gasteiger partial charge < -0.3 is 24.8 Å². The first-order valence-electron chi connectivity index (χ1n) is 15.2. The fourth-order valence-electron chi connectivity index (χ4n) is 6.83. The molecule has 1 aromatic carbocycles. The van der Waals surface area contributed by atoms with Crippen LogP contribution < -0.4 is 14.8 Å². The summed E-state index contributed by atoms with van der Waals surface area (Å²) in [5.74, 6) is 0.179. The number of nitrogens with zero attached hydrogens (tertiary/aromatic N) is 5. The lowest BCUT2D eigenvalue weighted by molar-refractivity contribution is 0.0519. The highest BCUT2D eigenvalue weighted by Crippen LogP contribution is 2.47. The maximum atomic E-state index is 16.9. The van der Waals surface area contributed by atoms with Crippen LogP contribution in [0, 0.1) is 5.82 Å². The zero-order valence-electron chi connectivity index (χ0n) is 27.3. The van der Waals surface area contributed by atoms with E-state index in [9.17, 15) is 14.7 Å². The first-order valence-corrected chi connectivity index (χ1v) is 15.2. The second kappa shape index (κ2) is 11.9. The molecule has 0 radical (unpaired) electrons. The van der Waals surface area contributed by atoms with Gasteiger partial charge in [-0.3, -0.25) is 14.4 Å². The van der Waals surface area contributed by atoms with Gasteiger partial charge in [-0.15, -0.1) is 0 Å². The minimum atomic E-state index is -1.07. The number of ether oxygens (including phenoxy) is 2. The number of aromatic nitrogens is 3. The van der Waals surface area contributed by atoms with Crippen molar-refractivity contribution in [2.75, 3.05) is 19.5 Å². The van der Waals surface area contributed by atoms with Crippen molar-refractivity contribution in [3.63, 3.8) is 0 Å². The van der Waals surface area contributed by atoms with Crippen molar-refractivity contribution in [3.05, 3.63) is 53.1 Å². The van der Waals surface area contributed by atoms with Crippen LogP contribution in [0.15, 0.2) is 30.6 Å². The molecule has 2 amide bonds. The number of halogens is 1. The van der Waals surface area contributed by atoms with Crippen LogP contribution in [0.1, 0.15) is 81.8 Å². The van der Waals surface area contributed by atoms with Crippen molar-refractivity contribution in [2.45, 2.75) is 90.0 Å². The van der Waals surface area contributed by atoms with E-state index in [1.54, 1.807) is 55.4 Å². The second-order valence-corrected chi connectivity index (χ2v) is 13.3. The van der Waals surface area contributed by atoms with Gasteiger partial charge in [-0.2, -0.15) is 5.10 Å². The number of fused-ring (bicyclic) bond motifs is 1. The maximum Gasteiger partial charge on any atom is 0.408 e. The van der Waals surface area contributed by atoms with E-state index in [1.165, 1.54) is 4.90 Å². The van der Waals surface area contributed by atoms with Gasteiger partial charge in [0.2, 0.25) is 0 Å². The topological polar surface area (TPSA) is 122 Å². The highest BCUT2D eigenvalue weighted by Gasteiger charge is 2.49. The molecule has 3 aromatic rings. The first kappa shape index (κ1) is 32.1. The van der Waals surface area contributed by atoms with Crippen molar-refractivity contribution in [2.24, 2.45) is 7.05 Å². The molecular formula is C33H43FN6O5. The molecule has 12 heteroatoms. The summed E-state index contributed by atoms with van der Waals surface area (Å²) in [5, 5.41) is 17.8. The molecule has 0 saturated heterocycles. The van der Waals surface area contributed by atoms with E-state index in [2.05, 4.69) is 10.4 Å². The Morgan fingerprint density at radius 3 is 2.51 bits per heavy atom. The summed E-state index contributed by atoms with van der Waals surface area (Å²) in [6.07, 6.45) is 5.37. The number of aryl methyl sites for hydroxylation is 1. The van der Waals surface area contributed by atoms with E-state index in [1.807, 2.05) is 40.7 Å². The van der Waals surface area contributed by atoms with Crippen molar-refractivity contribution in [3.8, 4) is 22.8 Å². The summed E-state index contributed by atoms with van der Waals surface area (Å²) in [6.45, 7) is 9.39. The van der Waals surface area contributed by atoms with Crippen LogP contribution in [-0.4, -0.2) is 73.5 Å². The third-order valence-corrected chi connectivity index (χ3v) is 9.00. The van der Waals surface area contributed by atoms with E-state index in [4.69, 9.17) is 14.5 Å². The largest absolute Gasteiger partial charge is 0.497 e. The van der Waals surface area contributed by atoms with E-state index in [0.29, 0.717) is 35.6 Å².